The third kappa shape index (κ3) is 3.16. The summed E-state index contributed by atoms with van der Waals surface area (Å²) in [6, 6.07) is 6.37. The molecular weight excluding hydrogens is 195 g/mol. The van der Waals surface area contributed by atoms with Crippen LogP contribution in [0.1, 0.15) is 12.5 Å². The predicted octanol–water partition coefficient (Wildman–Crippen LogP) is 1.83. The van der Waals surface area contributed by atoms with E-state index in [0.717, 1.165) is 0 Å². The maximum atomic E-state index is 13.3. The SMILES string of the molecule is CN=CN(Cc1ccccc1F)C(C)=O. The standard InChI is InChI=1S/C11H13FN2O/c1-9(15)14(8-13-2)7-10-5-3-4-6-11(10)12/h3-6,8H,7H2,1-2H3. The Balaban J connectivity index is 2.83. The number of carbonyl (C=O) groups is 1. The normalized spacial score (nSPS) is 10.6. The quantitative estimate of drug-likeness (QED) is 0.551. The van der Waals surface area contributed by atoms with Crippen LogP contribution >= 0.6 is 0 Å². The van der Waals surface area contributed by atoms with Crippen molar-refractivity contribution in [2.45, 2.75) is 13.5 Å². The molecule has 1 rings (SSSR count). The van der Waals surface area contributed by atoms with Gasteiger partial charge in [-0.25, -0.2) is 4.39 Å². The van der Waals surface area contributed by atoms with Crippen LogP contribution < -0.4 is 0 Å². The molecule has 1 aromatic carbocycles. The van der Waals surface area contributed by atoms with Crippen molar-refractivity contribution < 1.29 is 9.18 Å². The summed E-state index contributed by atoms with van der Waals surface area (Å²) in [6.07, 6.45) is 1.40. The molecule has 0 aliphatic rings. The van der Waals surface area contributed by atoms with Gasteiger partial charge in [0, 0.05) is 19.5 Å². The third-order valence-corrected chi connectivity index (χ3v) is 1.96. The Morgan fingerprint density at radius 2 is 2.20 bits per heavy atom. The van der Waals surface area contributed by atoms with E-state index in [2.05, 4.69) is 4.99 Å². The van der Waals surface area contributed by atoms with Gasteiger partial charge in [0.1, 0.15) is 5.82 Å². The molecule has 0 spiro atoms. The first-order valence-corrected chi connectivity index (χ1v) is 4.58. The number of aliphatic imine (C=N–C) groups is 1. The molecule has 0 aromatic heterocycles. The molecule has 0 fully saturated rings. The van der Waals surface area contributed by atoms with E-state index in [1.165, 1.54) is 24.2 Å². The molecule has 0 unspecified atom stereocenters. The summed E-state index contributed by atoms with van der Waals surface area (Å²) in [5.41, 5.74) is 0.479. The first-order chi connectivity index (χ1) is 7.15. The number of rotatable bonds is 3. The highest BCUT2D eigenvalue weighted by Crippen LogP contribution is 2.08. The van der Waals surface area contributed by atoms with Crippen molar-refractivity contribution in [1.82, 2.24) is 4.90 Å². The van der Waals surface area contributed by atoms with Crippen LogP contribution in [0.15, 0.2) is 29.3 Å². The van der Waals surface area contributed by atoms with Crippen LogP contribution in [0.25, 0.3) is 0 Å². The van der Waals surface area contributed by atoms with Gasteiger partial charge in [0.15, 0.2) is 0 Å². The van der Waals surface area contributed by atoms with Gasteiger partial charge < -0.3 is 0 Å². The second-order valence-electron chi connectivity index (χ2n) is 3.11. The molecule has 0 heterocycles. The van der Waals surface area contributed by atoms with Crippen molar-refractivity contribution >= 4 is 12.2 Å². The largest absolute Gasteiger partial charge is 0.299 e. The molecule has 4 heteroatoms. The maximum absolute atomic E-state index is 13.3. The molecule has 0 N–H and O–H groups in total. The van der Waals surface area contributed by atoms with Crippen molar-refractivity contribution in [3.63, 3.8) is 0 Å². The Morgan fingerprint density at radius 3 is 2.73 bits per heavy atom. The summed E-state index contributed by atoms with van der Waals surface area (Å²) >= 11 is 0. The highest BCUT2D eigenvalue weighted by atomic mass is 19.1. The number of halogens is 1. The van der Waals surface area contributed by atoms with Crippen molar-refractivity contribution in [1.29, 1.82) is 0 Å². The molecule has 0 aliphatic carbocycles. The first kappa shape index (κ1) is 11.4. The Kier molecular flexibility index (Phi) is 3.97. The summed E-state index contributed by atoms with van der Waals surface area (Å²) in [6.45, 7) is 1.63. The number of nitrogens with zero attached hydrogens (tertiary/aromatic N) is 2. The minimum atomic E-state index is -0.312. The number of amides is 1. The number of hydrogen-bond acceptors (Lipinski definition) is 2. The predicted molar refractivity (Wildman–Crippen MR) is 57.0 cm³/mol. The van der Waals surface area contributed by atoms with Gasteiger partial charge in [-0.15, -0.1) is 0 Å². The van der Waals surface area contributed by atoms with E-state index in [1.807, 2.05) is 0 Å². The zero-order chi connectivity index (χ0) is 11.3. The lowest BCUT2D eigenvalue weighted by atomic mass is 10.2. The van der Waals surface area contributed by atoms with Crippen LogP contribution in [0.3, 0.4) is 0 Å². The molecule has 1 amide bonds. The van der Waals surface area contributed by atoms with Gasteiger partial charge in [-0.2, -0.15) is 0 Å². The molecule has 80 valence electrons. The van der Waals surface area contributed by atoms with Crippen molar-refractivity contribution in [2.24, 2.45) is 4.99 Å². The number of carbonyl (C=O) groups excluding carboxylic acids is 1. The van der Waals surface area contributed by atoms with E-state index in [9.17, 15) is 9.18 Å². The smallest absolute Gasteiger partial charge is 0.224 e. The van der Waals surface area contributed by atoms with Crippen molar-refractivity contribution in [3.05, 3.63) is 35.6 Å². The molecule has 0 saturated heterocycles. The van der Waals surface area contributed by atoms with Crippen LogP contribution in [0.2, 0.25) is 0 Å². The van der Waals surface area contributed by atoms with E-state index in [-0.39, 0.29) is 18.3 Å². The Morgan fingerprint density at radius 1 is 1.53 bits per heavy atom. The van der Waals surface area contributed by atoms with Gasteiger partial charge in [0.05, 0.1) is 12.9 Å². The van der Waals surface area contributed by atoms with Crippen molar-refractivity contribution in [2.75, 3.05) is 7.05 Å². The summed E-state index contributed by atoms with van der Waals surface area (Å²) in [7, 11) is 1.57. The highest BCUT2D eigenvalue weighted by Gasteiger charge is 2.09. The van der Waals surface area contributed by atoms with Gasteiger partial charge in [-0.3, -0.25) is 14.7 Å². The minimum Gasteiger partial charge on any atom is -0.299 e. The molecule has 0 atom stereocenters. The van der Waals surface area contributed by atoms with E-state index < -0.39 is 0 Å². The van der Waals surface area contributed by atoms with Crippen LogP contribution in [0.4, 0.5) is 4.39 Å². The fourth-order valence-corrected chi connectivity index (χ4v) is 1.18. The molecular formula is C11H13FN2O. The topological polar surface area (TPSA) is 32.7 Å². The fraction of sp³-hybridized carbons (Fsp3) is 0.273. The van der Waals surface area contributed by atoms with Crippen LogP contribution in [0.5, 0.6) is 0 Å². The zero-order valence-corrected chi connectivity index (χ0v) is 8.77. The third-order valence-electron chi connectivity index (χ3n) is 1.96. The van der Waals surface area contributed by atoms with Gasteiger partial charge in [-0.1, -0.05) is 18.2 Å². The summed E-state index contributed by atoms with van der Waals surface area (Å²) in [4.78, 5) is 16.3. The molecule has 1 aromatic rings. The number of hydrogen-bond donors (Lipinski definition) is 0. The van der Waals surface area contributed by atoms with E-state index in [0.29, 0.717) is 5.56 Å². The zero-order valence-electron chi connectivity index (χ0n) is 8.77. The second kappa shape index (κ2) is 5.24. The number of benzene rings is 1. The van der Waals surface area contributed by atoms with Crippen LogP contribution in [0, 0.1) is 5.82 Å². The molecule has 15 heavy (non-hydrogen) atoms. The van der Waals surface area contributed by atoms with E-state index in [4.69, 9.17) is 0 Å². The van der Waals surface area contributed by atoms with Crippen LogP contribution in [-0.4, -0.2) is 24.2 Å². The Hall–Kier alpha value is -1.71. The van der Waals surface area contributed by atoms with Crippen molar-refractivity contribution in [3.8, 4) is 0 Å². The molecule has 0 bridgehead atoms. The fourth-order valence-electron chi connectivity index (χ4n) is 1.18. The monoisotopic (exact) mass is 208 g/mol. The summed E-state index contributed by atoms with van der Waals surface area (Å²) < 4.78 is 13.3. The maximum Gasteiger partial charge on any atom is 0.224 e. The Labute approximate surface area is 88.2 Å². The second-order valence-corrected chi connectivity index (χ2v) is 3.11. The molecule has 3 nitrogen and oxygen atoms in total. The van der Waals surface area contributed by atoms with E-state index >= 15 is 0 Å². The Bertz CT molecular complexity index is 377. The van der Waals surface area contributed by atoms with Gasteiger partial charge in [-0.05, 0) is 6.07 Å². The summed E-state index contributed by atoms with van der Waals surface area (Å²) in [5.74, 6) is -0.475. The average molecular weight is 208 g/mol. The lowest BCUT2D eigenvalue weighted by Gasteiger charge is -2.15. The van der Waals surface area contributed by atoms with E-state index in [1.54, 1.807) is 25.2 Å². The van der Waals surface area contributed by atoms with Gasteiger partial charge >= 0.3 is 0 Å². The van der Waals surface area contributed by atoms with Crippen LogP contribution in [-0.2, 0) is 11.3 Å². The average Bonchev–Trinajstić information content (AvgIpc) is 2.20. The molecule has 0 saturated carbocycles. The molecule has 0 aliphatic heterocycles. The van der Waals surface area contributed by atoms with Gasteiger partial charge in [0.2, 0.25) is 5.91 Å². The lowest BCUT2D eigenvalue weighted by molar-refractivity contribution is -0.125. The molecule has 0 radical (unpaired) electrons. The highest BCUT2D eigenvalue weighted by molar-refractivity contribution is 5.85. The first-order valence-electron chi connectivity index (χ1n) is 4.58. The summed E-state index contributed by atoms with van der Waals surface area (Å²) in [5, 5.41) is 0. The van der Waals surface area contributed by atoms with Gasteiger partial charge in [0.25, 0.3) is 0 Å². The lowest BCUT2D eigenvalue weighted by Crippen LogP contribution is -2.26. The minimum absolute atomic E-state index is 0.163.